The van der Waals surface area contributed by atoms with Gasteiger partial charge < -0.3 is 10.2 Å². The Balaban J connectivity index is 2.31. The molecule has 0 spiro atoms. The van der Waals surface area contributed by atoms with E-state index in [0.29, 0.717) is 17.6 Å². The second kappa shape index (κ2) is 9.32. The number of carbonyl (C=O) groups excluding carboxylic acids is 1. The first-order chi connectivity index (χ1) is 12.5. The van der Waals surface area contributed by atoms with E-state index in [0.717, 1.165) is 37.3 Å². The van der Waals surface area contributed by atoms with Crippen molar-refractivity contribution in [2.75, 3.05) is 18.4 Å². The molecule has 0 saturated heterocycles. The monoisotopic (exact) mass is 354 g/mol. The predicted octanol–water partition coefficient (Wildman–Crippen LogP) is 4.91. The topological polar surface area (TPSA) is 58.1 Å². The van der Waals surface area contributed by atoms with Gasteiger partial charge in [-0.1, -0.05) is 45.9 Å². The predicted molar refractivity (Wildman–Crippen MR) is 107 cm³/mol. The van der Waals surface area contributed by atoms with Gasteiger partial charge in [0.25, 0.3) is 5.91 Å². The van der Waals surface area contributed by atoms with Gasteiger partial charge in [0.2, 0.25) is 5.95 Å². The number of carbonyl (C=O) groups is 1. The summed E-state index contributed by atoms with van der Waals surface area (Å²) in [7, 11) is 0. The maximum Gasteiger partial charge on any atom is 0.272 e. The SMILES string of the molecule is CCCN(CCC)C(=O)c1cc(C)nc(Nc2ccccc2C(C)C)n1. The van der Waals surface area contributed by atoms with Crippen molar-refractivity contribution in [3.8, 4) is 0 Å². The summed E-state index contributed by atoms with van der Waals surface area (Å²) in [4.78, 5) is 23.7. The van der Waals surface area contributed by atoms with E-state index < -0.39 is 0 Å². The normalized spacial score (nSPS) is 10.8. The van der Waals surface area contributed by atoms with Gasteiger partial charge in [0, 0.05) is 24.5 Å². The molecule has 0 atom stereocenters. The van der Waals surface area contributed by atoms with Crippen LogP contribution in [0.5, 0.6) is 0 Å². The van der Waals surface area contributed by atoms with Crippen molar-refractivity contribution in [3.63, 3.8) is 0 Å². The van der Waals surface area contributed by atoms with Gasteiger partial charge in [0.05, 0.1) is 0 Å². The summed E-state index contributed by atoms with van der Waals surface area (Å²) >= 11 is 0. The number of amides is 1. The van der Waals surface area contributed by atoms with Gasteiger partial charge in [0.1, 0.15) is 5.69 Å². The molecule has 0 aliphatic carbocycles. The number of rotatable bonds is 8. The Morgan fingerprint density at radius 2 is 1.77 bits per heavy atom. The molecule has 1 aromatic heterocycles. The molecular weight excluding hydrogens is 324 g/mol. The standard InChI is InChI=1S/C21H30N4O/c1-6-12-25(13-7-2)20(26)19-14-16(5)22-21(24-19)23-18-11-9-8-10-17(18)15(3)4/h8-11,14-15H,6-7,12-13H2,1-5H3,(H,22,23,24). The zero-order valence-corrected chi connectivity index (χ0v) is 16.5. The van der Waals surface area contributed by atoms with E-state index in [1.165, 1.54) is 5.56 Å². The molecule has 0 radical (unpaired) electrons. The number of hydrogen-bond acceptors (Lipinski definition) is 4. The molecule has 0 unspecified atom stereocenters. The number of aryl methyl sites for hydroxylation is 1. The molecule has 5 heteroatoms. The molecule has 0 aliphatic heterocycles. The van der Waals surface area contributed by atoms with E-state index in [-0.39, 0.29) is 5.91 Å². The van der Waals surface area contributed by atoms with E-state index in [4.69, 9.17) is 0 Å². The van der Waals surface area contributed by atoms with Crippen molar-refractivity contribution >= 4 is 17.5 Å². The Hall–Kier alpha value is -2.43. The number of hydrogen-bond donors (Lipinski definition) is 1. The van der Waals surface area contributed by atoms with Crippen LogP contribution >= 0.6 is 0 Å². The fourth-order valence-corrected chi connectivity index (χ4v) is 2.99. The summed E-state index contributed by atoms with van der Waals surface area (Å²) in [6.07, 6.45) is 1.87. The van der Waals surface area contributed by atoms with Crippen LogP contribution in [0.25, 0.3) is 0 Å². The van der Waals surface area contributed by atoms with E-state index in [9.17, 15) is 4.79 Å². The minimum atomic E-state index is -0.0283. The third kappa shape index (κ3) is 5.04. The lowest BCUT2D eigenvalue weighted by molar-refractivity contribution is 0.0749. The summed E-state index contributed by atoms with van der Waals surface area (Å²) in [6.45, 7) is 11.8. The Bertz CT molecular complexity index is 737. The first-order valence-corrected chi connectivity index (χ1v) is 9.47. The van der Waals surface area contributed by atoms with Gasteiger partial charge in [-0.05, 0) is 43.4 Å². The summed E-state index contributed by atoms with van der Waals surface area (Å²) in [5.74, 6) is 0.822. The van der Waals surface area contributed by atoms with Crippen molar-refractivity contribution in [3.05, 3.63) is 47.3 Å². The van der Waals surface area contributed by atoms with Gasteiger partial charge >= 0.3 is 0 Å². The highest BCUT2D eigenvalue weighted by atomic mass is 16.2. The highest BCUT2D eigenvalue weighted by Gasteiger charge is 2.18. The Labute approximate surface area is 156 Å². The third-order valence-electron chi connectivity index (χ3n) is 4.18. The number of nitrogens with zero attached hydrogens (tertiary/aromatic N) is 3. The van der Waals surface area contributed by atoms with Crippen LogP contribution in [0, 0.1) is 6.92 Å². The fourth-order valence-electron chi connectivity index (χ4n) is 2.99. The Morgan fingerprint density at radius 1 is 1.12 bits per heavy atom. The highest BCUT2D eigenvalue weighted by molar-refractivity contribution is 5.92. The lowest BCUT2D eigenvalue weighted by Crippen LogP contribution is -2.33. The van der Waals surface area contributed by atoms with Gasteiger partial charge in [-0.2, -0.15) is 0 Å². The molecule has 1 N–H and O–H groups in total. The number of anilines is 2. The largest absolute Gasteiger partial charge is 0.337 e. The Kier molecular flexibility index (Phi) is 7.13. The minimum absolute atomic E-state index is 0.0283. The average molecular weight is 354 g/mol. The lowest BCUT2D eigenvalue weighted by Gasteiger charge is -2.21. The van der Waals surface area contributed by atoms with Crippen LogP contribution in [-0.4, -0.2) is 33.9 Å². The second-order valence-corrected chi connectivity index (χ2v) is 6.88. The van der Waals surface area contributed by atoms with Crippen molar-refractivity contribution in [1.82, 2.24) is 14.9 Å². The lowest BCUT2D eigenvalue weighted by atomic mass is 10.0. The van der Waals surface area contributed by atoms with Crippen LogP contribution in [-0.2, 0) is 0 Å². The molecule has 1 amide bonds. The van der Waals surface area contributed by atoms with Crippen molar-refractivity contribution in [2.45, 2.75) is 53.4 Å². The molecule has 26 heavy (non-hydrogen) atoms. The van der Waals surface area contributed by atoms with E-state index in [1.807, 2.05) is 30.0 Å². The summed E-state index contributed by atoms with van der Waals surface area (Å²) in [6, 6.07) is 9.89. The quantitative estimate of drug-likeness (QED) is 0.731. The molecule has 5 nitrogen and oxygen atoms in total. The van der Waals surface area contributed by atoms with Crippen molar-refractivity contribution in [2.24, 2.45) is 0 Å². The number of benzene rings is 1. The summed E-state index contributed by atoms with van der Waals surface area (Å²) in [5, 5.41) is 3.30. The number of nitrogens with one attached hydrogen (secondary N) is 1. The zero-order chi connectivity index (χ0) is 19.1. The molecule has 0 saturated carbocycles. The number of aromatic nitrogens is 2. The summed E-state index contributed by atoms with van der Waals surface area (Å²) < 4.78 is 0. The second-order valence-electron chi connectivity index (χ2n) is 6.88. The highest BCUT2D eigenvalue weighted by Crippen LogP contribution is 2.26. The zero-order valence-electron chi connectivity index (χ0n) is 16.5. The van der Waals surface area contributed by atoms with Crippen LogP contribution in [0.1, 0.15) is 68.2 Å². The van der Waals surface area contributed by atoms with Gasteiger partial charge in [-0.25, -0.2) is 9.97 Å². The fraction of sp³-hybridized carbons (Fsp3) is 0.476. The first kappa shape index (κ1) is 19.9. The third-order valence-corrected chi connectivity index (χ3v) is 4.18. The number of para-hydroxylation sites is 1. The van der Waals surface area contributed by atoms with Gasteiger partial charge in [0.15, 0.2) is 0 Å². The Morgan fingerprint density at radius 3 is 2.38 bits per heavy atom. The maximum absolute atomic E-state index is 12.9. The van der Waals surface area contributed by atoms with E-state index >= 15 is 0 Å². The van der Waals surface area contributed by atoms with Crippen LogP contribution < -0.4 is 5.32 Å². The van der Waals surface area contributed by atoms with Crippen molar-refractivity contribution < 1.29 is 4.79 Å². The smallest absolute Gasteiger partial charge is 0.272 e. The molecule has 140 valence electrons. The molecule has 0 bridgehead atoms. The van der Waals surface area contributed by atoms with Crippen molar-refractivity contribution in [1.29, 1.82) is 0 Å². The first-order valence-electron chi connectivity index (χ1n) is 9.47. The molecule has 0 fully saturated rings. The molecule has 1 aromatic carbocycles. The molecule has 0 aliphatic rings. The van der Waals surface area contributed by atoms with Gasteiger partial charge in [-0.15, -0.1) is 0 Å². The van der Waals surface area contributed by atoms with Crippen LogP contribution in [0.2, 0.25) is 0 Å². The van der Waals surface area contributed by atoms with Crippen LogP contribution in [0.3, 0.4) is 0 Å². The molecule has 2 aromatic rings. The maximum atomic E-state index is 12.9. The average Bonchev–Trinajstić information content (AvgIpc) is 2.60. The molecule has 2 rings (SSSR count). The molecular formula is C21H30N4O. The van der Waals surface area contributed by atoms with E-state index in [2.05, 4.69) is 49.0 Å². The minimum Gasteiger partial charge on any atom is -0.337 e. The van der Waals surface area contributed by atoms with Gasteiger partial charge in [-0.3, -0.25) is 4.79 Å². The van der Waals surface area contributed by atoms with Crippen LogP contribution in [0.4, 0.5) is 11.6 Å². The summed E-state index contributed by atoms with van der Waals surface area (Å²) in [5.41, 5.74) is 3.40. The van der Waals surface area contributed by atoms with Crippen LogP contribution in [0.15, 0.2) is 30.3 Å². The molecule has 1 heterocycles. The van der Waals surface area contributed by atoms with E-state index in [1.54, 1.807) is 6.07 Å².